The number of amides is 2. The molecule has 0 heterocycles. The van der Waals surface area contributed by atoms with Gasteiger partial charge in [0, 0.05) is 11.3 Å². The van der Waals surface area contributed by atoms with E-state index in [1.54, 1.807) is 24.3 Å². The van der Waals surface area contributed by atoms with Crippen LogP contribution in [0.15, 0.2) is 24.3 Å². The van der Waals surface area contributed by atoms with Gasteiger partial charge in [0.1, 0.15) is 0 Å². The van der Waals surface area contributed by atoms with Crippen LogP contribution in [0.5, 0.6) is 0 Å². The average Bonchev–Trinajstić information content (AvgIpc) is 2.36. The number of hydrogen-bond donors (Lipinski definition) is 3. The molecule has 0 saturated heterocycles. The molecule has 1 rings (SSSR count). The summed E-state index contributed by atoms with van der Waals surface area (Å²) in [6.45, 7) is 4.65. The predicted molar refractivity (Wildman–Crippen MR) is 78.6 cm³/mol. The van der Waals surface area contributed by atoms with Crippen LogP contribution >= 0.6 is 12.4 Å². The molecule has 6 heteroatoms. The second-order valence-corrected chi connectivity index (χ2v) is 4.11. The van der Waals surface area contributed by atoms with E-state index in [2.05, 4.69) is 10.6 Å². The maximum absolute atomic E-state index is 11.8. The predicted octanol–water partition coefficient (Wildman–Crippen LogP) is 1.53. The topological polar surface area (TPSA) is 84.2 Å². The van der Waals surface area contributed by atoms with E-state index in [4.69, 9.17) is 5.73 Å². The fourth-order valence-electron chi connectivity index (χ4n) is 1.42. The number of carbonyl (C=O) groups excluding carboxylic acids is 2. The van der Waals surface area contributed by atoms with Gasteiger partial charge in [-0.2, -0.15) is 0 Å². The molecule has 5 nitrogen and oxygen atoms in total. The Bertz CT molecular complexity index is 420. The van der Waals surface area contributed by atoms with Crippen LogP contribution in [0.3, 0.4) is 0 Å². The van der Waals surface area contributed by atoms with E-state index >= 15 is 0 Å². The van der Waals surface area contributed by atoms with Gasteiger partial charge in [-0.05, 0) is 44.2 Å². The molecule has 0 fully saturated rings. The SMILES string of the molecule is CCCNC(C)C(=O)Nc1ccc(C(N)=O)cc1.Cl. The van der Waals surface area contributed by atoms with Gasteiger partial charge in [-0.3, -0.25) is 9.59 Å². The zero-order valence-electron chi connectivity index (χ0n) is 11.1. The minimum atomic E-state index is -0.481. The summed E-state index contributed by atoms with van der Waals surface area (Å²) >= 11 is 0. The van der Waals surface area contributed by atoms with Crippen LogP contribution in [0.2, 0.25) is 0 Å². The van der Waals surface area contributed by atoms with E-state index in [0.29, 0.717) is 11.3 Å². The van der Waals surface area contributed by atoms with Gasteiger partial charge in [0.15, 0.2) is 0 Å². The van der Waals surface area contributed by atoms with E-state index in [1.807, 2.05) is 13.8 Å². The standard InChI is InChI=1S/C13H19N3O2.ClH/c1-3-8-15-9(2)13(18)16-11-6-4-10(5-7-11)12(14)17;/h4-7,9,15H,3,8H2,1-2H3,(H2,14,17)(H,16,18);1H. The van der Waals surface area contributed by atoms with Gasteiger partial charge in [0.05, 0.1) is 6.04 Å². The zero-order chi connectivity index (χ0) is 13.5. The highest BCUT2D eigenvalue weighted by Gasteiger charge is 2.11. The van der Waals surface area contributed by atoms with E-state index in [9.17, 15) is 9.59 Å². The fourth-order valence-corrected chi connectivity index (χ4v) is 1.42. The Kier molecular flexibility index (Phi) is 7.79. The number of halogens is 1. The first kappa shape index (κ1) is 17.4. The average molecular weight is 286 g/mol. The third kappa shape index (κ3) is 5.72. The van der Waals surface area contributed by atoms with Gasteiger partial charge in [0.2, 0.25) is 11.8 Å². The summed E-state index contributed by atoms with van der Waals surface area (Å²) in [4.78, 5) is 22.7. The van der Waals surface area contributed by atoms with Gasteiger partial charge >= 0.3 is 0 Å². The first-order valence-corrected chi connectivity index (χ1v) is 5.98. The number of hydrogen-bond acceptors (Lipinski definition) is 3. The number of carbonyl (C=O) groups is 2. The van der Waals surface area contributed by atoms with E-state index in [-0.39, 0.29) is 24.4 Å². The highest BCUT2D eigenvalue weighted by molar-refractivity contribution is 5.96. The van der Waals surface area contributed by atoms with Gasteiger partial charge in [0.25, 0.3) is 0 Å². The molecule has 0 aromatic heterocycles. The third-order valence-corrected chi connectivity index (χ3v) is 2.53. The lowest BCUT2D eigenvalue weighted by atomic mass is 10.2. The Balaban J connectivity index is 0.00000324. The summed E-state index contributed by atoms with van der Waals surface area (Å²) < 4.78 is 0. The number of primary amides is 1. The number of anilines is 1. The molecule has 0 spiro atoms. The summed E-state index contributed by atoms with van der Waals surface area (Å²) in [5, 5.41) is 5.86. The monoisotopic (exact) mass is 285 g/mol. The molecule has 4 N–H and O–H groups in total. The zero-order valence-corrected chi connectivity index (χ0v) is 11.9. The van der Waals surface area contributed by atoms with Crippen molar-refractivity contribution in [2.75, 3.05) is 11.9 Å². The Morgan fingerprint density at radius 3 is 2.32 bits per heavy atom. The summed E-state index contributed by atoms with van der Waals surface area (Å²) in [7, 11) is 0. The molecule has 1 aromatic carbocycles. The van der Waals surface area contributed by atoms with Crippen molar-refractivity contribution >= 4 is 29.9 Å². The van der Waals surface area contributed by atoms with Crippen LogP contribution in [0.4, 0.5) is 5.69 Å². The van der Waals surface area contributed by atoms with Crippen LogP contribution < -0.4 is 16.4 Å². The van der Waals surface area contributed by atoms with Crippen LogP contribution in [0, 0.1) is 0 Å². The molecule has 0 bridgehead atoms. The van der Waals surface area contributed by atoms with Crippen molar-refractivity contribution in [3.63, 3.8) is 0 Å². The molecule has 106 valence electrons. The molecule has 0 aliphatic carbocycles. The van der Waals surface area contributed by atoms with E-state index < -0.39 is 5.91 Å². The minimum absolute atomic E-state index is 0. The normalized spacial score (nSPS) is 11.3. The lowest BCUT2D eigenvalue weighted by Crippen LogP contribution is -2.38. The molecule has 0 aliphatic rings. The second kappa shape index (κ2) is 8.50. The molecule has 2 amide bonds. The maximum Gasteiger partial charge on any atom is 0.248 e. The van der Waals surface area contributed by atoms with Gasteiger partial charge in [-0.15, -0.1) is 12.4 Å². The summed E-state index contributed by atoms with van der Waals surface area (Å²) in [6.07, 6.45) is 0.977. The van der Waals surface area contributed by atoms with E-state index in [0.717, 1.165) is 13.0 Å². The Morgan fingerprint density at radius 2 is 1.84 bits per heavy atom. The van der Waals surface area contributed by atoms with Crippen LogP contribution in [-0.2, 0) is 4.79 Å². The quantitative estimate of drug-likeness (QED) is 0.741. The summed E-state index contributed by atoms with van der Waals surface area (Å²) in [5.74, 6) is -0.582. The van der Waals surface area contributed by atoms with Crippen molar-refractivity contribution in [3.8, 4) is 0 Å². The molecular formula is C13H20ClN3O2. The van der Waals surface area contributed by atoms with Crippen molar-refractivity contribution in [3.05, 3.63) is 29.8 Å². The van der Waals surface area contributed by atoms with Crippen molar-refractivity contribution in [1.29, 1.82) is 0 Å². The Hall–Kier alpha value is -1.59. The molecule has 19 heavy (non-hydrogen) atoms. The molecule has 1 atom stereocenters. The molecule has 1 aromatic rings. The second-order valence-electron chi connectivity index (χ2n) is 4.11. The molecule has 0 saturated carbocycles. The lowest BCUT2D eigenvalue weighted by molar-refractivity contribution is -0.117. The van der Waals surface area contributed by atoms with Gasteiger partial charge in [-0.25, -0.2) is 0 Å². The Labute approximate surface area is 119 Å². The first-order valence-electron chi connectivity index (χ1n) is 5.98. The van der Waals surface area contributed by atoms with Crippen molar-refractivity contribution in [1.82, 2.24) is 5.32 Å². The van der Waals surface area contributed by atoms with Crippen LogP contribution in [-0.4, -0.2) is 24.4 Å². The molecular weight excluding hydrogens is 266 g/mol. The third-order valence-electron chi connectivity index (χ3n) is 2.53. The molecule has 0 radical (unpaired) electrons. The van der Waals surface area contributed by atoms with Crippen molar-refractivity contribution < 1.29 is 9.59 Å². The van der Waals surface area contributed by atoms with Gasteiger partial charge < -0.3 is 16.4 Å². The number of nitrogens with two attached hydrogens (primary N) is 1. The largest absolute Gasteiger partial charge is 0.366 e. The van der Waals surface area contributed by atoms with Gasteiger partial charge in [-0.1, -0.05) is 6.92 Å². The smallest absolute Gasteiger partial charge is 0.248 e. The number of benzene rings is 1. The van der Waals surface area contributed by atoms with Crippen LogP contribution in [0.25, 0.3) is 0 Å². The maximum atomic E-state index is 11.8. The van der Waals surface area contributed by atoms with Crippen molar-refractivity contribution in [2.24, 2.45) is 5.73 Å². The van der Waals surface area contributed by atoms with Crippen molar-refractivity contribution in [2.45, 2.75) is 26.3 Å². The Morgan fingerprint density at radius 1 is 1.26 bits per heavy atom. The van der Waals surface area contributed by atoms with Crippen LogP contribution in [0.1, 0.15) is 30.6 Å². The summed E-state index contributed by atoms with van der Waals surface area (Å²) in [5.41, 5.74) is 6.20. The number of rotatable bonds is 6. The highest BCUT2D eigenvalue weighted by Crippen LogP contribution is 2.09. The fraction of sp³-hybridized carbons (Fsp3) is 0.385. The number of nitrogens with one attached hydrogen (secondary N) is 2. The van der Waals surface area contributed by atoms with E-state index in [1.165, 1.54) is 0 Å². The highest BCUT2D eigenvalue weighted by atomic mass is 35.5. The summed E-state index contributed by atoms with van der Waals surface area (Å²) in [6, 6.07) is 6.24. The minimum Gasteiger partial charge on any atom is -0.366 e. The first-order chi connectivity index (χ1) is 8.54. The molecule has 1 unspecified atom stereocenters. The lowest BCUT2D eigenvalue weighted by Gasteiger charge is -2.13. The molecule has 0 aliphatic heterocycles.